The fourth-order valence-corrected chi connectivity index (χ4v) is 1.93. The van der Waals surface area contributed by atoms with Crippen molar-refractivity contribution in [2.45, 2.75) is 13.5 Å². The van der Waals surface area contributed by atoms with E-state index in [1.807, 2.05) is 24.3 Å². The minimum absolute atomic E-state index is 0.0509. The number of nitro groups is 1. The van der Waals surface area contributed by atoms with Crippen LogP contribution >= 0.6 is 0 Å². The zero-order valence-electron chi connectivity index (χ0n) is 12.3. The highest BCUT2D eigenvalue weighted by atomic mass is 16.6. The maximum Gasteiger partial charge on any atom is 0.372 e. The quantitative estimate of drug-likeness (QED) is 0.619. The van der Waals surface area contributed by atoms with E-state index in [-0.39, 0.29) is 24.0 Å². The van der Waals surface area contributed by atoms with Gasteiger partial charge in [-0.25, -0.2) is 4.98 Å². The number of hydrogen-bond donors (Lipinski definition) is 1. The van der Waals surface area contributed by atoms with E-state index in [0.717, 1.165) is 5.56 Å². The summed E-state index contributed by atoms with van der Waals surface area (Å²) in [5, 5.41) is 14.2. The molecule has 0 atom stereocenters. The lowest BCUT2D eigenvalue weighted by Gasteiger charge is -2.11. The van der Waals surface area contributed by atoms with Crippen LogP contribution in [0.15, 0.2) is 30.6 Å². The van der Waals surface area contributed by atoms with Gasteiger partial charge < -0.3 is 14.8 Å². The van der Waals surface area contributed by atoms with Crippen LogP contribution in [0.4, 0.5) is 11.5 Å². The summed E-state index contributed by atoms with van der Waals surface area (Å²) in [5.74, 6) is 0.746. The predicted octanol–water partition coefficient (Wildman–Crippen LogP) is 2.40. The third-order valence-corrected chi connectivity index (χ3v) is 2.89. The average Bonchev–Trinajstić information content (AvgIpc) is 2.53. The molecule has 0 bridgehead atoms. The number of nitrogens with one attached hydrogen (secondary N) is 1. The van der Waals surface area contributed by atoms with Crippen LogP contribution in [0.25, 0.3) is 0 Å². The summed E-state index contributed by atoms with van der Waals surface area (Å²) in [6.07, 6.45) is 1.22. The predicted molar refractivity (Wildman–Crippen MR) is 80.2 cm³/mol. The smallest absolute Gasteiger partial charge is 0.372 e. The summed E-state index contributed by atoms with van der Waals surface area (Å²) in [5.41, 5.74) is 0.579. The largest absolute Gasteiger partial charge is 0.496 e. The molecule has 8 heteroatoms. The molecule has 0 aliphatic rings. The van der Waals surface area contributed by atoms with E-state index in [9.17, 15) is 10.1 Å². The van der Waals surface area contributed by atoms with Crippen LogP contribution < -0.4 is 14.8 Å². The van der Waals surface area contributed by atoms with E-state index in [1.54, 1.807) is 14.0 Å². The number of aromatic nitrogens is 2. The van der Waals surface area contributed by atoms with Gasteiger partial charge in [-0.15, -0.1) is 0 Å². The van der Waals surface area contributed by atoms with Gasteiger partial charge in [-0.05, 0) is 13.0 Å². The van der Waals surface area contributed by atoms with E-state index in [0.29, 0.717) is 12.3 Å². The van der Waals surface area contributed by atoms with Crippen molar-refractivity contribution in [3.05, 3.63) is 46.3 Å². The summed E-state index contributed by atoms with van der Waals surface area (Å²) in [6.45, 7) is 2.34. The second-order valence-corrected chi connectivity index (χ2v) is 4.23. The summed E-state index contributed by atoms with van der Waals surface area (Å²) >= 11 is 0. The fraction of sp³-hybridized carbons (Fsp3) is 0.286. The molecule has 8 nitrogen and oxygen atoms in total. The van der Waals surface area contributed by atoms with Crippen molar-refractivity contribution in [2.24, 2.45) is 0 Å². The molecule has 22 heavy (non-hydrogen) atoms. The number of benzene rings is 1. The highest BCUT2D eigenvalue weighted by molar-refractivity contribution is 5.61. The molecule has 0 saturated heterocycles. The van der Waals surface area contributed by atoms with E-state index < -0.39 is 4.92 Å². The first-order valence-corrected chi connectivity index (χ1v) is 6.65. The molecule has 0 unspecified atom stereocenters. The second-order valence-electron chi connectivity index (χ2n) is 4.23. The third kappa shape index (κ3) is 3.40. The number of anilines is 1. The van der Waals surface area contributed by atoms with Gasteiger partial charge in [-0.3, -0.25) is 10.1 Å². The van der Waals surface area contributed by atoms with E-state index in [4.69, 9.17) is 9.47 Å². The Balaban J connectivity index is 2.26. The van der Waals surface area contributed by atoms with E-state index >= 15 is 0 Å². The number of methoxy groups -OCH3 is 1. The Labute approximate surface area is 127 Å². The van der Waals surface area contributed by atoms with Crippen LogP contribution in [0.3, 0.4) is 0 Å². The summed E-state index contributed by atoms with van der Waals surface area (Å²) in [6, 6.07) is 7.39. The molecular weight excluding hydrogens is 288 g/mol. The summed E-state index contributed by atoms with van der Waals surface area (Å²) < 4.78 is 10.4. The van der Waals surface area contributed by atoms with E-state index in [1.165, 1.54) is 6.33 Å². The van der Waals surface area contributed by atoms with Gasteiger partial charge in [0.05, 0.1) is 18.6 Å². The van der Waals surface area contributed by atoms with Gasteiger partial charge >= 0.3 is 5.69 Å². The topological polar surface area (TPSA) is 99.4 Å². The van der Waals surface area contributed by atoms with Gasteiger partial charge in [-0.2, -0.15) is 4.98 Å². The normalized spacial score (nSPS) is 10.1. The van der Waals surface area contributed by atoms with Crippen molar-refractivity contribution in [3.8, 4) is 11.6 Å². The zero-order valence-corrected chi connectivity index (χ0v) is 12.3. The number of para-hydroxylation sites is 1. The van der Waals surface area contributed by atoms with Crippen molar-refractivity contribution in [3.63, 3.8) is 0 Å². The van der Waals surface area contributed by atoms with Crippen molar-refractivity contribution in [1.82, 2.24) is 9.97 Å². The molecule has 1 aromatic carbocycles. The molecule has 116 valence electrons. The lowest BCUT2D eigenvalue weighted by molar-refractivity contribution is -0.385. The standard InChI is InChI=1S/C14H16N4O4/c1-3-22-14-12(18(19)20)13(16-9-17-14)15-8-10-6-4-5-7-11(10)21-2/h4-7,9H,3,8H2,1-2H3,(H,15,16,17). The molecule has 0 aliphatic heterocycles. The van der Waals surface area contributed by atoms with Crippen LogP contribution in [0, 0.1) is 10.1 Å². The Morgan fingerprint density at radius 3 is 2.77 bits per heavy atom. The molecule has 1 N–H and O–H groups in total. The molecule has 1 heterocycles. The second kappa shape index (κ2) is 7.21. The van der Waals surface area contributed by atoms with Crippen LogP contribution in [-0.2, 0) is 6.54 Å². The third-order valence-electron chi connectivity index (χ3n) is 2.89. The SMILES string of the molecule is CCOc1ncnc(NCc2ccccc2OC)c1[N+](=O)[O-]. The number of ether oxygens (including phenoxy) is 2. The molecular formula is C14H16N4O4. The van der Waals surface area contributed by atoms with Gasteiger partial charge in [0.15, 0.2) is 0 Å². The molecule has 1 aromatic heterocycles. The fourth-order valence-electron chi connectivity index (χ4n) is 1.93. The lowest BCUT2D eigenvalue weighted by Crippen LogP contribution is -2.08. The molecule has 0 amide bonds. The van der Waals surface area contributed by atoms with Crippen LogP contribution in [0.2, 0.25) is 0 Å². The minimum atomic E-state index is -0.560. The molecule has 2 rings (SSSR count). The van der Waals surface area contributed by atoms with Gasteiger partial charge in [0, 0.05) is 12.1 Å². The Kier molecular flexibility index (Phi) is 5.07. The molecule has 0 radical (unpaired) electrons. The first-order chi connectivity index (χ1) is 10.7. The minimum Gasteiger partial charge on any atom is -0.496 e. The van der Waals surface area contributed by atoms with Crippen LogP contribution in [-0.4, -0.2) is 28.6 Å². The van der Waals surface area contributed by atoms with Crippen molar-refractivity contribution in [1.29, 1.82) is 0 Å². The maximum absolute atomic E-state index is 11.2. The number of hydrogen-bond acceptors (Lipinski definition) is 7. The molecule has 0 spiro atoms. The van der Waals surface area contributed by atoms with Gasteiger partial charge in [0.25, 0.3) is 5.88 Å². The van der Waals surface area contributed by atoms with E-state index in [2.05, 4.69) is 15.3 Å². The van der Waals surface area contributed by atoms with Crippen LogP contribution in [0.1, 0.15) is 12.5 Å². The van der Waals surface area contributed by atoms with Crippen molar-refractivity contribution >= 4 is 11.5 Å². The lowest BCUT2D eigenvalue weighted by atomic mass is 10.2. The molecule has 0 saturated carbocycles. The van der Waals surface area contributed by atoms with Gasteiger partial charge in [0.1, 0.15) is 12.1 Å². The number of rotatable bonds is 7. The Bertz CT molecular complexity index is 663. The first kappa shape index (κ1) is 15.5. The van der Waals surface area contributed by atoms with Gasteiger partial charge in [0.2, 0.25) is 5.82 Å². The van der Waals surface area contributed by atoms with Gasteiger partial charge in [-0.1, -0.05) is 18.2 Å². The Hall–Kier alpha value is -2.90. The van der Waals surface area contributed by atoms with Crippen molar-refractivity contribution < 1.29 is 14.4 Å². The summed E-state index contributed by atoms with van der Waals surface area (Å²) in [7, 11) is 1.57. The first-order valence-electron chi connectivity index (χ1n) is 6.65. The molecule has 2 aromatic rings. The molecule has 0 aliphatic carbocycles. The molecule has 0 fully saturated rings. The Morgan fingerprint density at radius 2 is 2.09 bits per heavy atom. The average molecular weight is 304 g/mol. The highest BCUT2D eigenvalue weighted by Gasteiger charge is 2.24. The number of nitrogens with zero attached hydrogens (tertiary/aromatic N) is 3. The summed E-state index contributed by atoms with van der Waals surface area (Å²) in [4.78, 5) is 18.4. The highest BCUT2D eigenvalue weighted by Crippen LogP contribution is 2.31. The Morgan fingerprint density at radius 1 is 1.32 bits per heavy atom. The zero-order chi connectivity index (χ0) is 15.9. The van der Waals surface area contributed by atoms with Crippen molar-refractivity contribution in [2.75, 3.05) is 19.0 Å². The maximum atomic E-state index is 11.2. The monoisotopic (exact) mass is 304 g/mol. The van der Waals surface area contributed by atoms with Crippen LogP contribution in [0.5, 0.6) is 11.6 Å².